The first-order chi connectivity index (χ1) is 7.47. The number of fused-ring (bicyclic) bond motifs is 1. The summed E-state index contributed by atoms with van der Waals surface area (Å²) in [5.41, 5.74) is 1.06. The molecule has 0 saturated carbocycles. The Morgan fingerprint density at radius 1 is 0.875 bits per heavy atom. The van der Waals surface area contributed by atoms with Gasteiger partial charge < -0.3 is 0 Å². The maximum absolute atomic E-state index is 4.18. The molecule has 0 aliphatic heterocycles. The molecule has 1 aromatic carbocycles. The number of rotatable bonds is 0. The topological polar surface area (TPSA) is 41.6 Å². The predicted molar refractivity (Wildman–Crippen MR) is 60.3 cm³/mol. The van der Waals surface area contributed by atoms with Crippen LogP contribution >= 0.6 is 0 Å². The van der Waals surface area contributed by atoms with Gasteiger partial charge in [-0.1, -0.05) is 24.3 Å². The molecule has 1 N–H and O–H groups in total. The van der Waals surface area contributed by atoms with E-state index in [1.807, 2.05) is 36.5 Å². The minimum absolute atomic E-state index is 0. The number of H-pyrrole nitrogens is 1. The van der Waals surface area contributed by atoms with Gasteiger partial charge in [0, 0.05) is 41.0 Å². The maximum Gasteiger partial charge on any atom is 0.0701 e. The Hall–Kier alpha value is -1.64. The van der Waals surface area contributed by atoms with Gasteiger partial charge in [0.2, 0.25) is 0 Å². The van der Waals surface area contributed by atoms with Gasteiger partial charge in [0.1, 0.15) is 0 Å². The minimum Gasteiger partial charge on any atom is -0.286 e. The normalized spacial score (nSPS) is 8.75. The number of nitrogens with one attached hydrogen (secondary N) is 1. The van der Waals surface area contributed by atoms with E-state index in [9.17, 15) is 0 Å². The Kier molecular flexibility index (Phi) is 5.26. The van der Waals surface area contributed by atoms with Crippen molar-refractivity contribution < 1.29 is 17.1 Å². The summed E-state index contributed by atoms with van der Waals surface area (Å²) in [7, 11) is 0. The third-order valence-corrected chi connectivity index (χ3v) is 1.92. The SMILES string of the molecule is [Cu].c1ccc2ncccc2c1.c1cn[nH]c1. The largest absolute Gasteiger partial charge is 0.286 e. The third-order valence-electron chi connectivity index (χ3n) is 1.92. The number of pyridine rings is 1. The van der Waals surface area contributed by atoms with Gasteiger partial charge in [0.25, 0.3) is 0 Å². The maximum atomic E-state index is 4.18. The molecule has 3 rings (SSSR count). The summed E-state index contributed by atoms with van der Waals surface area (Å²) in [6, 6.07) is 13.9. The van der Waals surface area contributed by atoms with E-state index in [1.165, 1.54) is 5.39 Å². The summed E-state index contributed by atoms with van der Waals surface area (Å²) in [6.07, 6.45) is 5.27. The zero-order valence-electron chi connectivity index (χ0n) is 8.47. The summed E-state index contributed by atoms with van der Waals surface area (Å²) in [4.78, 5) is 4.18. The second-order valence-corrected chi connectivity index (χ2v) is 2.96. The molecule has 0 aliphatic rings. The van der Waals surface area contributed by atoms with Crippen molar-refractivity contribution in [2.24, 2.45) is 0 Å². The van der Waals surface area contributed by atoms with Crippen LogP contribution in [0.1, 0.15) is 0 Å². The monoisotopic (exact) mass is 260 g/mol. The molecule has 0 spiro atoms. The summed E-state index contributed by atoms with van der Waals surface area (Å²) < 4.78 is 0. The molecule has 0 fully saturated rings. The van der Waals surface area contributed by atoms with E-state index in [1.54, 1.807) is 12.4 Å². The van der Waals surface area contributed by atoms with Crippen LogP contribution in [0.4, 0.5) is 0 Å². The molecule has 2 heterocycles. The van der Waals surface area contributed by atoms with Gasteiger partial charge in [0.15, 0.2) is 0 Å². The van der Waals surface area contributed by atoms with Gasteiger partial charge in [0.05, 0.1) is 5.52 Å². The smallest absolute Gasteiger partial charge is 0.0701 e. The molecule has 2 aromatic heterocycles. The fourth-order valence-corrected chi connectivity index (χ4v) is 1.23. The van der Waals surface area contributed by atoms with Crippen molar-refractivity contribution in [3.63, 3.8) is 0 Å². The number of aromatic amines is 1. The van der Waals surface area contributed by atoms with E-state index in [0.717, 1.165) is 5.52 Å². The molecule has 0 bridgehead atoms. The van der Waals surface area contributed by atoms with Crippen LogP contribution < -0.4 is 0 Å². The average molecular weight is 261 g/mol. The van der Waals surface area contributed by atoms with E-state index < -0.39 is 0 Å². The molecule has 0 atom stereocenters. The predicted octanol–water partition coefficient (Wildman–Crippen LogP) is 2.64. The van der Waals surface area contributed by atoms with E-state index in [-0.39, 0.29) is 17.1 Å². The Morgan fingerprint density at radius 3 is 2.31 bits per heavy atom. The van der Waals surface area contributed by atoms with Crippen molar-refractivity contribution in [1.82, 2.24) is 15.2 Å². The Bertz CT molecular complexity index is 426. The Labute approximate surface area is 104 Å². The molecule has 3 nitrogen and oxygen atoms in total. The van der Waals surface area contributed by atoms with Gasteiger partial charge in [-0.3, -0.25) is 10.1 Å². The fraction of sp³-hybridized carbons (Fsp3) is 0. The van der Waals surface area contributed by atoms with Crippen LogP contribution in [0.15, 0.2) is 61.1 Å². The second-order valence-electron chi connectivity index (χ2n) is 2.96. The number of hydrogen-bond acceptors (Lipinski definition) is 2. The van der Waals surface area contributed by atoms with Crippen LogP contribution in [-0.2, 0) is 17.1 Å². The van der Waals surface area contributed by atoms with Gasteiger partial charge in [-0.05, 0) is 18.2 Å². The number of para-hydroxylation sites is 1. The standard InChI is InChI=1S/C9H7N.C3H4N2.Cu/c1-2-6-9-8(4-1)5-3-7-10-9;1-2-4-5-3-1;/h1-7H;1-3H,(H,4,5);. The molecular formula is C12H11CuN3. The summed E-state index contributed by atoms with van der Waals surface area (Å²) in [6.45, 7) is 0. The number of hydrogen-bond donors (Lipinski definition) is 1. The Morgan fingerprint density at radius 2 is 1.69 bits per heavy atom. The van der Waals surface area contributed by atoms with Gasteiger partial charge in [-0.2, -0.15) is 5.10 Å². The number of nitrogens with zero attached hydrogens (tertiary/aromatic N) is 2. The number of benzene rings is 1. The quantitative estimate of drug-likeness (QED) is 0.632. The van der Waals surface area contributed by atoms with Crippen molar-refractivity contribution in [3.8, 4) is 0 Å². The molecule has 16 heavy (non-hydrogen) atoms. The van der Waals surface area contributed by atoms with Crippen LogP contribution in [0, 0.1) is 0 Å². The first-order valence-corrected chi connectivity index (χ1v) is 4.70. The molecule has 85 valence electrons. The van der Waals surface area contributed by atoms with Crippen molar-refractivity contribution >= 4 is 10.9 Å². The fourth-order valence-electron chi connectivity index (χ4n) is 1.23. The third kappa shape index (κ3) is 3.50. The zero-order chi connectivity index (χ0) is 10.3. The van der Waals surface area contributed by atoms with Crippen LogP contribution in [0.5, 0.6) is 0 Å². The molecular weight excluding hydrogens is 250 g/mol. The van der Waals surface area contributed by atoms with Crippen molar-refractivity contribution in [2.45, 2.75) is 0 Å². The number of aromatic nitrogens is 3. The summed E-state index contributed by atoms with van der Waals surface area (Å²) in [5.74, 6) is 0. The summed E-state index contributed by atoms with van der Waals surface area (Å²) >= 11 is 0. The molecule has 4 heteroatoms. The van der Waals surface area contributed by atoms with Gasteiger partial charge in [-0.15, -0.1) is 0 Å². The van der Waals surface area contributed by atoms with E-state index >= 15 is 0 Å². The molecule has 0 unspecified atom stereocenters. The van der Waals surface area contributed by atoms with Gasteiger partial charge in [-0.25, -0.2) is 0 Å². The minimum atomic E-state index is 0. The van der Waals surface area contributed by atoms with Crippen molar-refractivity contribution in [2.75, 3.05) is 0 Å². The van der Waals surface area contributed by atoms with Crippen molar-refractivity contribution in [3.05, 3.63) is 61.1 Å². The average Bonchev–Trinajstić information content (AvgIpc) is 2.88. The molecule has 1 radical (unpaired) electrons. The second kappa shape index (κ2) is 6.77. The molecule has 0 saturated heterocycles. The van der Waals surface area contributed by atoms with E-state index in [2.05, 4.69) is 27.3 Å². The summed E-state index contributed by atoms with van der Waals surface area (Å²) in [5, 5.41) is 7.41. The molecule has 0 amide bonds. The van der Waals surface area contributed by atoms with E-state index in [4.69, 9.17) is 0 Å². The van der Waals surface area contributed by atoms with Crippen molar-refractivity contribution in [1.29, 1.82) is 0 Å². The van der Waals surface area contributed by atoms with Crippen LogP contribution in [0.25, 0.3) is 10.9 Å². The van der Waals surface area contributed by atoms with Crippen LogP contribution in [0.3, 0.4) is 0 Å². The Balaban J connectivity index is 0.000000183. The first-order valence-electron chi connectivity index (χ1n) is 4.70. The zero-order valence-corrected chi connectivity index (χ0v) is 9.41. The van der Waals surface area contributed by atoms with Crippen LogP contribution in [-0.4, -0.2) is 15.2 Å². The van der Waals surface area contributed by atoms with Gasteiger partial charge >= 0.3 is 0 Å². The molecule has 3 aromatic rings. The molecule has 0 aliphatic carbocycles. The van der Waals surface area contributed by atoms with Crippen LogP contribution in [0.2, 0.25) is 0 Å². The first kappa shape index (κ1) is 12.4. The van der Waals surface area contributed by atoms with E-state index in [0.29, 0.717) is 0 Å².